The number of ether oxygens (including phenoxy) is 1. The summed E-state index contributed by atoms with van der Waals surface area (Å²) in [6, 6.07) is 7.13. The third-order valence-corrected chi connectivity index (χ3v) is 2.51. The van der Waals surface area contributed by atoms with Gasteiger partial charge in [0.2, 0.25) is 5.88 Å². The van der Waals surface area contributed by atoms with E-state index in [9.17, 15) is 4.39 Å². The van der Waals surface area contributed by atoms with E-state index >= 15 is 0 Å². The number of hydrogen-bond acceptors (Lipinski definition) is 4. The maximum absolute atomic E-state index is 13.4. The Morgan fingerprint density at radius 2 is 2.16 bits per heavy atom. The van der Waals surface area contributed by atoms with Crippen molar-refractivity contribution in [2.24, 2.45) is 0 Å². The number of rotatable bonds is 3. The summed E-state index contributed by atoms with van der Waals surface area (Å²) >= 11 is 5.83. The molecule has 96 valence electrons. The van der Waals surface area contributed by atoms with E-state index in [4.69, 9.17) is 21.6 Å². The predicted molar refractivity (Wildman–Crippen MR) is 67.6 cm³/mol. The molecule has 0 aliphatic heterocycles. The second-order valence-electron chi connectivity index (χ2n) is 3.65. The molecule has 1 heterocycles. The molecule has 0 fully saturated rings. The summed E-state index contributed by atoms with van der Waals surface area (Å²) in [6.45, 7) is 1.89. The standard InChI is InChI=1S/C13H9ClFN3O/c1-2-12-17-11(14)6-13(18-12)19-9-4-3-8(7-16)10(15)5-9/h3-6H,2H2,1H3. The lowest BCUT2D eigenvalue weighted by atomic mass is 10.2. The van der Waals surface area contributed by atoms with Gasteiger partial charge in [-0.1, -0.05) is 18.5 Å². The fraction of sp³-hybridized carbons (Fsp3) is 0.154. The van der Waals surface area contributed by atoms with Gasteiger partial charge in [0.25, 0.3) is 0 Å². The monoisotopic (exact) mass is 277 g/mol. The molecule has 0 amide bonds. The van der Waals surface area contributed by atoms with E-state index in [1.165, 1.54) is 18.2 Å². The molecule has 0 saturated carbocycles. The highest BCUT2D eigenvalue weighted by molar-refractivity contribution is 6.29. The highest BCUT2D eigenvalue weighted by atomic mass is 35.5. The van der Waals surface area contributed by atoms with Gasteiger partial charge in [-0.05, 0) is 12.1 Å². The molecule has 6 heteroatoms. The Bertz CT molecular complexity index is 655. The van der Waals surface area contributed by atoms with Crippen molar-refractivity contribution >= 4 is 11.6 Å². The van der Waals surface area contributed by atoms with Crippen LogP contribution in [0.5, 0.6) is 11.6 Å². The van der Waals surface area contributed by atoms with Crippen LogP contribution in [0.3, 0.4) is 0 Å². The first-order valence-electron chi connectivity index (χ1n) is 5.53. The Morgan fingerprint density at radius 3 is 2.79 bits per heavy atom. The maximum Gasteiger partial charge on any atom is 0.224 e. The molecule has 0 aliphatic carbocycles. The summed E-state index contributed by atoms with van der Waals surface area (Å²) in [5.74, 6) is 0.377. The van der Waals surface area contributed by atoms with Crippen LogP contribution in [-0.4, -0.2) is 9.97 Å². The van der Waals surface area contributed by atoms with Crippen LogP contribution in [0.25, 0.3) is 0 Å². The van der Waals surface area contributed by atoms with Crippen LogP contribution >= 0.6 is 11.6 Å². The van der Waals surface area contributed by atoms with Crippen LogP contribution in [-0.2, 0) is 6.42 Å². The quantitative estimate of drug-likeness (QED) is 0.806. The van der Waals surface area contributed by atoms with Gasteiger partial charge in [0.1, 0.15) is 28.6 Å². The van der Waals surface area contributed by atoms with E-state index < -0.39 is 5.82 Å². The first-order chi connectivity index (χ1) is 9.12. The first kappa shape index (κ1) is 13.2. The zero-order valence-electron chi connectivity index (χ0n) is 10.0. The lowest BCUT2D eigenvalue weighted by Crippen LogP contribution is -1.97. The Kier molecular flexibility index (Phi) is 3.93. The van der Waals surface area contributed by atoms with Gasteiger partial charge in [0.15, 0.2) is 0 Å². The number of benzene rings is 1. The molecule has 19 heavy (non-hydrogen) atoms. The van der Waals surface area contributed by atoms with Crippen molar-refractivity contribution in [3.8, 4) is 17.7 Å². The SMILES string of the molecule is CCc1nc(Cl)cc(Oc2ccc(C#N)c(F)c2)n1. The van der Waals surface area contributed by atoms with Gasteiger partial charge in [-0.15, -0.1) is 0 Å². The average molecular weight is 278 g/mol. The second kappa shape index (κ2) is 5.63. The minimum Gasteiger partial charge on any atom is -0.439 e. The number of aromatic nitrogens is 2. The van der Waals surface area contributed by atoms with Gasteiger partial charge in [-0.25, -0.2) is 9.37 Å². The summed E-state index contributed by atoms with van der Waals surface area (Å²) in [4.78, 5) is 8.11. The minimum atomic E-state index is -0.643. The molecular formula is C13H9ClFN3O. The molecule has 0 spiro atoms. The summed E-state index contributed by atoms with van der Waals surface area (Å²) in [6.07, 6.45) is 0.610. The number of aryl methyl sites for hydroxylation is 1. The second-order valence-corrected chi connectivity index (χ2v) is 4.04. The number of hydrogen-bond donors (Lipinski definition) is 0. The third kappa shape index (κ3) is 3.18. The fourth-order valence-corrected chi connectivity index (χ4v) is 1.61. The van der Waals surface area contributed by atoms with Gasteiger partial charge >= 0.3 is 0 Å². The fourth-order valence-electron chi connectivity index (χ4n) is 1.42. The van der Waals surface area contributed by atoms with Gasteiger partial charge < -0.3 is 4.74 Å². The molecular weight excluding hydrogens is 269 g/mol. The molecule has 0 bridgehead atoms. The molecule has 0 radical (unpaired) electrons. The zero-order chi connectivity index (χ0) is 13.8. The van der Waals surface area contributed by atoms with Gasteiger partial charge in [-0.3, -0.25) is 0 Å². The smallest absolute Gasteiger partial charge is 0.224 e. The number of nitriles is 1. The molecule has 4 nitrogen and oxygen atoms in total. The van der Waals surface area contributed by atoms with E-state index in [0.717, 1.165) is 6.07 Å². The van der Waals surface area contributed by atoms with E-state index in [2.05, 4.69) is 9.97 Å². The van der Waals surface area contributed by atoms with Crippen molar-refractivity contribution in [2.45, 2.75) is 13.3 Å². The van der Waals surface area contributed by atoms with Crippen molar-refractivity contribution < 1.29 is 9.13 Å². The summed E-state index contributed by atoms with van der Waals surface area (Å²) in [7, 11) is 0. The average Bonchev–Trinajstić information content (AvgIpc) is 2.38. The normalized spacial score (nSPS) is 10.0. The molecule has 0 atom stereocenters. The maximum atomic E-state index is 13.4. The van der Waals surface area contributed by atoms with Crippen molar-refractivity contribution in [3.63, 3.8) is 0 Å². The number of halogens is 2. The molecule has 1 aromatic heterocycles. The van der Waals surface area contributed by atoms with E-state index in [-0.39, 0.29) is 22.3 Å². The Morgan fingerprint density at radius 1 is 1.37 bits per heavy atom. The molecule has 0 saturated heterocycles. The van der Waals surface area contributed by atoms with Gasteiger partial charge in [-0.2, -0.15) is 10.2 Å². The minimum absolute atomic E-state index is 0.0395. The van der Waals surface area contributed by atoms with E-state index in [0.29, 0.717) is 12.2 Å². The van der Waals surface area contributed by atoms with Crippen molar-refractivity contribution in [3.05, 3.63) is 46.6 Å². The first-order valence-corrected chi connectivity index (χ1v) is 5.91. The van der Waals surface area contributed by atoms with Crippen LogP contribution in [0.2, 0.25) is 5.15 Å². The highest BCUT2D eigenvalue weighted by Gasteiger charge is 2.07. The molecule has 0 aliphatic rings. The van der Waals surface area contributed by atoms with E-state index in [1.54, 1.807) is 6.07 Å². The largest absolute Gasteiger partial charge is 0.439 e. The summed E-state index contributed by atoms with van der Waals surface area (Å²) in [5, 5.41) is 8.90. The van der Waals surface area contributed by atoms with Crippen LogP contribution in [0.1, 0.15) is 18.3 Å². The van der Waals surface area contributed by atoms with Crippen LogP contribution in [0.4, 0.5) is 4.39 Å². The topological polar surface area (TPSA) is 58.8 Å². The van der Waals surface area contributed by atoms with Crippen molar-refractivity contribution in [2.75, 3.05) is 0 Å². The highest BCUT2D eigenvalue weighted by Crippen LogP contribution is 2.23. The van der Waals surface area contributed by atoms with E-state index in [1.807, 2.05) is 6.92 Å². The molecule has 0 N–H and O–H groups in total. The molecule has 0 unspecified atom stereocenters. The van der Waals surface area contributed by atoms with Gasteiger partial charge in [0, 0.05) is 18.6 Å². The summed E-state index contributed by atoms with van der Waals surface area (Å²) in [5.41, 5.74) is -0.0395. The van der Waals surface area contributed by atoms with Gasteiger partial charge in [0.05, 0.1) is 5.56 Å². The Hall–Kier alpha value is -2.19. The van der Waals surface area contributed by atoms with Crippen molar-refractivity contribution in [1.29, 1.82) is 5.26 Å². The van der Waals surface area contributed by atoms with Crippen LogP contribution < -0.4 is 4.74 Å². The summed E-state index contributed by atoms with van der Waals surface area (Å²) < 4.78 is 18.8. The van der Waals surface area contributed by atoms with Crippen LogP contribution in [0, 0.1) is 17.1 Å². The third-order valence-electron chi connectivity index (χ3n) is 2.32. The molecule has 1 aromatic carbocycles. The lowest BCUT2D eigenvalue weighted by molar-refractivity contribution is 0.454. The zero-order valence-corrected chi connectivity index (χ0v) is 10.8. The molecule has 2 rings (SSSR count). The Labute approximate surface area is 114 Å². The predicted octanol–water partition coefficient (Wildman–Crippen LogP) is 3.50. The Balaban J connectivity index is 2.28. The van der Waals surface area contributed by atoms with Crippen LogP contribution in [0.15, 0.2) is 24.3 Å². The molecule has 2 aromatic rings. The lowest BCUT2D eigenvalue weighted by Gasteiger charge is -2.06. The number of nitrogens with zero attached hydrogens (tertiary/aromatic N) is 3. The van der Waals surface area contributed by atoms with Crippen molar-refractivity contribution in [1.82, 2.24) is 9.97 Å².